The van der Waals surface area contributed by atoms with Crippen molar-refractivity contribution in [1.29, 1.82) is 0 Å². The Morgan fingerprint density at radius 2 is 1.79 bits per heavy atom. The van der Waals surface area contributed by atoms with Crippen LogP contribution < -0.4 is 5.32 Å². The van der Waals surface area contributed by atoms with Gasteiger partial charge in [-0.25, -0.2) is 8.42 Å². The number of rotatable bonds is 1. The van der Waals surface area contributed by atoms with Crippen molar-refractivity contribution in [3.63, 3.8) is 0 Å². The predicted molar refractivity (Wildman–Crippen MR) is 71.5 cm³/mol. The van der Waals surface area contributed by atoms with E-state index >= 15 is 0 Å². The normalized spacial score (nSPS) is 21.2. The number of fused-ring (bicyclic) bond motifs is 1. The van der Waals surface area contributed by atoms with Crippen molar-refractivity contribution in [1.82, 2.24) is 10.2 Å². The molecule has 1 fully saturated rings. The van der Waals surface area contributed by atoms with Crippen LogP contribution in [0.25, 0.3) is 0 Å². The number of hydrogen-bond acceptors (Lipinski definition) is 4. The zero-order valence-corrected chi connectivity index (χ0v) is 11.4. The molecule has 1 aromatic carbocycles. The van der Waals surface area contributed by atoms with Gasteiger partial charge >= 0.3 is 0 Å². The molecule has 6 heteroatoms. The molecule has 0 bridgehead atoms. The molecule has 1 saturated heterocycles. The first kappa shape index (κ1) is 12.6. The molecule has 2 aliphatic heterocycles. The van der Waals surface area contributed by atoms with E-state index < -0.39 is 9.84 Å². The predicted octanol–water partition coefficient (Wildman–Crippen LogP) is 0.160. The first-order chi connectivity index (χ1) is 9.05. The summed E-state index contributed by atoms with van der Waals surface area (Å²) in [5.41, 5.74) is 3.05. The maximum absolute atomic E-state index is 12.3. The van der Waals surface area contributed by atoms with E-state index in [0.29, 0.717) is 18.7 Å². The molecular weight excluding hydrogens is 264 g/mol. The summed E-state index contributed by atoms with van der Waals surface area (Å²) in [5.74, 6) is 0.0841. The van der Waals surface area contributed by atoms with Gasteiger partial charge in [-0.2, -0.15) is 0 Å². The van der Waals surface area contributed by atoms with Crippen LogP contribution in [0.15, 0.2) is 18.2 Å². The number of benzene rings is 1. The van der Waals surface area contributed by atoms with Gasteiger partial charge in [0.15, 0.2) is 9.84 Å². The van der Waals surface area contributed by atoms with Gasteiger partial charge < -0.3 is 10.2 Å². The average molecular weight is 280 g/mol. The van der Waals surface area contributed by atoms with E-state index in [-0.39, 0.29) is 17.4 Å². The molecule has 5 nitrogen and oxygen atoms in total. The molecule has 2 aliphatic rings. The second kappa shape index (κ2) is 4.61. The number of hydrogen-bond donors (Lipinski definition) is 1. The molecule has 0 saturated carbocycles. The summed E-state index contributed by atoms with van der Waals surface area (Å²) in [6.07, 6.45) is 0. The highest BCUT2D eigenvalue weighted by Crippen LogP contribution is 2.18. The van der Waals surface area contributed by atoms with E-state index in [0.717, 1.165) is 18.7 Å². The highest BCUT2D eigenvalue weighted by atomic mass is 32.2. The van der Waals surface area contributed by atoms with Crippen LogP contribution in [0.1, 0.15) is 21.5 Å². The molecule has 1 aromatic rings. The molecule has 0 aromatic heterocycles. The second-order valence-electron chi connectivity index (χ2n) is 5.03. The summed E-state index contributed by atoms with van der Waals surface area (Å²) < 4.78 is 22.7. The van der Waals surface area contributed by atoms with Crippen LogP contribution in [0.2, 0.25) is 0 Å². The number of sulfone groups is 1. The van der Waals surface area contributed by atoms with Gasteiger partial charge in [-0.3, -0.25) is 4.79 Å². The number of amides is 1. The molecule has 1 amide bonds. The van der Waals surface area contributed by atoms with Crippen LogP contribution in [0.4, 0.5) is 0 Å². The molecule has 2 heterocycles. The summed E-state index contributed by atoms with van der Waals surface area (Å²) in [7, 11) is -2.94. The fourth-order valence-corrected chi connectivity index (χ4v) is 3.73. The Bertz CT molecular complexity index is 611. The van der Waals surface area contributed by atoms with Gasteiger partial charge in [-0.1, -0.05) is 6.07 Å². The number of nitrogens with zero attached hydrogens (tertiary/aromatic N) is 1. The molecule has 0 aliphatic carbocycles. The van der Waals surface area contributed by atoms with Crippen molar-refractivity contribution < 1.29 is 13.2 Å². The molecule has 3 rings (SSSR count). The van der Waals surface area contributed by atoms with E-state index in [1.165, 1.54) is 5.56 Å². The van der Waals surface area contributed by atoms with E-state index in [4.69, 9.17) is 0 Å². The molecule has 19 heavy (non-hydrogen) atoms. The molecular formula is C13H16N2O3S. The van der Waals surface area contributed by atoms with Gasteiger partial charge in [-0.15, -0.1) is 0 Å². The van der Waals surface area contributed by atoms with Crippen molar-refractivity contribution in [3.8, 4) is 0 Å². The molecule has 0 radical (unpaired) electrons. The smallest absolute Gasteiger partial charge is 0.253 e. The highest BCUT2D eigenvalue weighted by molar-refractivity contribution is 7.91. The first-order valence-corrected chi connectivity index (χ1v) is 8.19. The quantitative estimate of drug-likeness (QED) is 0.796. The van der Waals surface area contributed by atoms with E-state index in [1.807, 2.05) is 18.2 Å². The van der Waals surface area contributed by atoms with Gasteiger partial charge in [-0.05, 0) is 23.3 Å². The Balaban J connectivity index is 1.77. The minimum absolute atomic E-state index is 0.0652. The van der Waals surface area contributed by atoms with Gasteiger partial charge in [0, 0.05) is 31.7 Å². The zero-order valence-electron chi connectivity index (χ0n) is 10.6. The maximum atomic E-state index is 12.3. The largest absolute Gasteiger partial charge is 0.337 e. The van der Waals surface area contributed by atoms with Gasteiger partial charge in [0.2, 0.25) is 0 Å². The standard InChI is InChI=1S/C13H16N2O3S/c16-13(15-3-5-19(17,18)6-4-15)10-1-2-11-8-14-9-12(11)7-10/h1-2,7,14H,3-6,8-9H2. The Morgan fingerprint density at radius 1 is 1.11 bits per heavy atom. The van der Waals surface area contributed by atoms with Crippen LogP contribution in [-0.4, -0.2) is 43.8 Å². The van der Waals surface area contributed by atoms with Gasteiger partial charge in [0.25, 0.3) is 5.91 Å². The number of carbonyl (C=O) groups is 1. The minimum atomic E-state index is -2.94. The van der Waals surface area contributed by atoms with Crippen molar-refractivity contribution in [2.24, 2.45) is 0 Å². The third kappa shape index (κ3) is 2.50. The van der Waals surface area contributed by atoms with Crippen molar-refractivity contribution in [2.45, 2.75) is 13.1 Å². The third-order valence-electron chi connectivity index (χ3n) is 3.72. The lowest BCUT2D eigenvalue weighted by atomic mass is 10.1. The summed E-state index contributed by atoms with van der Waals surface area (Å²) >= 11 is 0. The fourth-order valence-electron chi connectivity index (χ4n) is 2.53. The SMILES string of the molecule is O=C(c1ccc2c(c1)CNC2)N1CCS(=O)(=O)CC1. The first-order valence-electron chi connectivity index (χ1n) is 6.37. The fraction of sp³-hybridized carbons (Fsp3) is 0.462. The van der Waals surface area contributed by atoms with Crippen LogP contribution in [0.3, 0.4) is 0 Å². The lowest BCUT2D eigenvalue weighted by molar-refractivity contribution is 0.0770. The molecule has 102 valence electrons. The van der Waals surface area contributed by atoms with Gasteiger partial charge in [0.05, 0.1) is 11.5 Å². The number of nitrogens with one attached hydrogen (secondary N) is 1. The summed E-state index contributed by atoms with van der Waals surface area (Å²) in [6.45, 7) is 2.25. The van der Waals surface area contributed by atoms with Crippen molar-refractivity contribution in [2.75, 3.05) is 24.6 Å². The zero-order chi connectivity index (χ0) is 13.5. The van der Waals surface area contributed by atoms with E-state index in [1.54, 1.807) is 4.90 Å². The van der Waals surface area contributed by atoms with Crippen LogP contribution in [0, 0.1) is 0 Å². The highest BCUT2D eigenvalue weighted by Gasteiger charge is 2.26. The second-order valence-corrected chi connectivity index (χ2v) is 7.33. The van der Waals surface area contributed by atoms with Crippen LogP contribution >= 0.6 is 0 Å². The van der Waals surface area contributed by atoms with Gasteiger partial charge in [0.1, 0.15) is 0 Å². The minimum Gasteiger partial charge on any atom is -0.337 e. The summed E-state index contributed by atoms with van der Waals surface area (Å²) in [5, 5.41) is 3.24. The molecule has 1 N–H and O–H groups in total. The Morgan fingerprint density at radius 3 is 2.53 bits per heavy atom. The number of carbonyl (C=O) groups excluding carboxylic acids is 1. The van der Waals surface area contributed by atoms with Crippen molar-refractivity contribution in [3.05, 3.63) is 34.9 Å². The van der Waals surface area contributed by atoms with Crippen molar-refractivity contribution >= 4 is 15.7 Å². The third-order valence-corrected chi connectivity index (χ3v) is 5.32. The Kier molecular flexibility index (Phi) is 3.06. The summed E-state index contributed by atoms with van der Waals surface area (Å²) in [6, 6.07) is 5.72. The monoisotopic (exact) mass is 280 g/mol. The Hall–Kier alpha value is -1.40. The summed E-state index contributed by atoms with van der Waals surface area (Å²) in [4.78, 5) is 14.0. The maximum Gasteiger partial charge on any atom is 0.253 e. The van der Waals surface area contributed by atoms with E-state index in [2.05, 4.69) is 5.32 Å². The lowest BCUT2D eigenvalue weighted by Gasteiger charge is -2.26. The molecule has 0 atom stereocenters. The Labute approximate surface area is 112 Å². The van der Waals surface area contributed by atoms with Crippen LogP contribution in [0.5, 0.6) is 0 Å². The van der Waals surface area contributed by atoms with Crippen LogP contribution in [-0.2, 0) is 22.9 Å². The topological polar surface area (TPSA) is 66.5 Å². The molecule has 0 unspecified atom stereocenters. The molecule has 0 spiro atoms. The lowest BCUT2D eigenvalue weighted by Crippen LogP contribution is -2.43. The van der Waals surface area contributed by atoms with E-state index in [9.17, 15) is 13.2 Å². The average Bonchev–Trinajstić information content (AvgIpc) is 2.85.